The number of rotatable bonds is 3. The molecular weight excluding hydrogens is 290 g/mol. The van der Waals surface area contributed by atoms with Crippen LogP contribution in [0.1, 0.15) is 53.8 Å². The van der Waals surface area contributed by atoms with Gasteiger partial charge in [0, 0.05) is 12.5 Å². The van der Waals surface area contributed by atoms with Crippen LogP contribution in [0.15, 0.2) is 9.05 Å². The van der Waals surface area contributed by atoms with E-state index >= 15 is 0 Å². The molecule has 0 radical (unpaired) electrons. The van der Waals surface area contributed by atoms with Crippen molar-refractivity contribution in [2.45, 2.75) is 32.7 Å². The Morgan fingerprint density at radius 1 is 1.32 bits per heavy atom. The highest BCUT2D eigenvalue weighted by molar-refractivity contribution is 5.93. The zero-order valence-corrected chi connectivity index (χ0v) is 12.6. The molecule has 118 valence electrons. The molecule has 1 amide bonds. The quantitative estimate of drug-likeness (QED) is 0.829. The van der Waals surface area contributed by atoms with Crippen LogP contribution in [0.5, 0.6) is 0 Å². The van der Waals surface area contributed by atoms with Gasteiger partial charge in [0.25, 0.3) is 5.91 Å². The third-order valence-corrected chi connectivity index (χ3v) is 3.48. The smallest absolute Gasteiger partial charge is 0.278 e. The Bertz CT molecular complexity index is 665. The predicted octanol–water partition coefficient (Wildman–Crippen LogP) is 1.10. The molecule has 0 spiro atoms. The van der Waals surface area contributed by atoms with Crippen LogP contribution in [0, 0.1) is 6.92 Å². The topological polar surface area (TPSA) is 107 Å². The zero-order chi connectivity index (χ0) is 15.7. The lowest BCUT2D eigenvalue weighted by molar-refractivity contribution is -0.0112. The van der Waals surface area contributed by atoms with E-state index in [4.69, 9.17) is 9.15 Å². The molecule has 0 saturated carbocycles. The van der Waals surface area contributed by atoms with Gasteiger partial charge in [0.2, 0.25) is 11.8 Å². The molecule has 1 aliphatic heterocycles. The van der Waals surface area contributed by atoms with Gasteiger partial charge in [0.15, 0.2) is 5.69 Å². The molecule has 2 aromatic heterocycles. The average Bonchev–Trinajstić information content (AvgIpc) is 3.15. The molecule has 22 heavy (non-hydrogen) atoms. The summed E-state index contributed by atoms with van der Waals surface area (Å²) in [6.45, 7) is 6.75. The summed E-state index contributed by atoms with van der Waals surface area (Å²) in [5, 5.41) is 15.4. The van der Waals surface area contributed by atoms with Crippen molar-refractivity contribution in [3.63, 3.8) is 0 Å². The molecule has 0 N–H and O–H groups in total. The lowest BCUT2D eigenvalue weighted by atomic mass is 10.2. The molecule has 1 atom stereocenters. The molecule has 2 aromatic rings. The third-order valence-electron chi connectivity index (χ3n) is 3.48. The second-order valence-electron chi connectivity index (χ2n) is 5.42. The molecule has 1 fully saturated rings. The van der Waals surface area contributed by atoms with Gasteiger partial charge >= 0.3 is 0 Å². The summed E-state index contributed by atoms with van der Waals surface area (Å²) in [4.78, 5) is 14.2. The van der Waals surface area contributed by atoms with E-state index in [1.807, 2.05) is 13.8 Å². The average molecular weight is 307 g/mol. The minimum atomic E-state index is -0.433. The number of aryl methyl sites for hydroxylation is 1. The van der Waals surface area contributed by atoms with Crippen molar-refractivity contribution >= 4 is 5.91 Å². The summed E-state index contributed by atoms with van der Waals surface area (Å²) in [6, 6.07) is -0.433. The summed E-state index contributed by atoms with van der Waals surface area (Å²) in [7, 11) is 0. The minimum Gasteiger partial charge on any atom is -0.423 e. The molecule has 0 unspecified atom stereocenters. The van der Waals surface area contributed by atoms with Crippen LogP contribution < -0.4 is 0 Å². The lowest BCUT2D eigenvalue weighted by Crippen LogP contribution is -2.44. The lowest BCUT2D eigenvalue weighted by Gasteiger charge is -2.32. The van der Waals surface area contributed by atoms with Crippen molar-refractivity contribution in [1.29, 1.82) is 0 Å². The van der Waals surface area contributed by atoms with Gasteiger partial charge in [0.05, 0.1) is 13.2 Å². The molecule has 0 aromatic carbocycles. The fourth-order valence-electron chi connectivity index (χ4n) is 2.23. The van der Waals surface area contributed by atoms with E-state index in [0.717, 1.165) is 0 Å². The van der Waals surface area contributed by atoms with Crippen LogP contribution in [0.3, 0.4) is 0 Å². The van der Waals surface area contributed by atoms with Gasteiger partial charge in [-0.2, -0.15) is 0 Å². The number of amides is 1. The van der Waals surface area contributed by atoms with Crippen molar-refractivity contribution in [3.05, 3.63) is 23.2 Å². The van der Waals surface area contributed by atoms with E-state index in [1.54, 1.807) is 11.8 Å². The number of carbonyl (C=O) groups excluding carboxylic acids is 1. The zero-order valence-electron chi connectivity index (χ0n) is 12.6. The minimum absolute atomic E-state index is 0.122. The molecule has 1 saturated heterocycles. The van der Waals surface area contributed by atoms with E-state index in [-0.39, 0.29) is 17.5 Å². The fourth-order valence-corrected chi connectivity index (χ4v) is 2.23. The number of morpholine rings is 1. The van der Waals surface area contributed by atoms with Crippen LogP contribution in [-0.4, -0.2) is 51.1 Å². The number of hydrogen-bond donors (Lipinski definition) is 0. The largest absolute Gasteiger partial charge is 0.423 e. The molecule has 0 bridgehead atoms. The normalized spacial score (nSPS) is 18.9. The van der Waals surface area contributed by atoms with Crippen LogP contribution >= 0.6 is 0 Å². The number of hydrogen-bond acceptors (Lipinski definition) is 8. The standard InChI is InChI=1S/C13H17N5O4/c1-7(2)11-14-15-12(21-11)9-6-20-5-4-18(9)13(19)10-8(3)16-22-17-10/h7,9H,4-6H2,1-3H3/t9-/m0/s1. The first kappa shape index (κ1) is 14.6. The maximum Gasteiger partial charge on any atom is 0.278 e. The van der Waals surface area contributed by atoms with Gasteiger partial charge in [-0.3, -0.25) is 4.79 Å². The molecule has 9 heteroatoms. The van der Waals surface area contributed by atoms with Gasteiger partial charge < -0.3 is 14.1 Å². The summed E-state index contributed by atoms with van der Waals surface area (Å²) < 4.78 is 15.7. The van der Waals surface area contributed by atoms with E-state index < -0.39 is 6.04 Å². The number of carbonyl (C=O) groups is 1. The van der Waals surface area contributed by atoms with E-state index in [2.05, 4.69) is 25.1 Å². The number of nitrogens with zero attached hydrogens (tertiary/aromatic N) is 5. The van der Waals surface area contributed by atoms with Gasteiger partial charge in [-0.05, 0) is 12.1 Å². The first-order valence-electron chi connectivity index (χ1n) is 7.09. The maximum atomic E-state index is 12.6. The molecule has 0 aliphatic carbocycles. The Morgan fingerprint density at radius 2 is 2.14 bits per heavy atom. The summed E-state index contributed by atoms with van der Waals surface area (Å²) in [6.07, 6.45) is 0. The predicted molar refractivity (Wildman–Crippen MR) is 72.0 cm³/mol. The third kappa shape index (κ3) is 2.59. The Kier molecular flexibility index (Phi) is 3.88. The fraction of sp³-hybridized carbons (Fsp3) is 0.615. The first-order valence-corrected chi connectivity index (χ1v) is 7.09. The Balaban J connectivity index is 1.87. The second-order valence-corrected chi connectivity index (χ2v) is 5.42. The highest BCUT2D eigenvalue weighted by Gasteiger charge is 2.35. The number of ether oxygens (including phenoxy) is 1. The Labute approximate surface area is 126 Å². The monoisotopic (exact) mass is 307 g/mol. The van der Waals surface area contributed by atoms with Crippen molar-refractivity contribution in [1.82, 2.24) is 25.4 Å². The first-order chi connectivity index (χ1) is 10.6. The Morgan fingerprint density at radius 3 is 2.77 bits per heavy atom. The van der Waals surface area contributed by atoms with Gasteiger partial charge in [0.1, 0.15) is 11.7 Å². The second kappa shape index (κ2) is 5.84. The molecule has 3 rings (SSSR count). The van der Waals surface area contributed by atoms with Crippen LogP contribution in [0.4, 0.5) is 0 Å². The van der Waals surface area contributed by atoms with Gasteiger partial charge in [-0.1, -0.05) is 19.0 Å². The maximum absolute atomic E-state index is 12.6. The van der Waals surface area contributed by atoms with Crippen molar-refractivity contribution in [2.24, 2.45) is 0 Å². The van der Waals surface area contributed by atoms with Crippen molar-refractivity contribution < 1.29 is 18.6 Å². The summed E-state index contributed by atoms with van der Waals surface area (Å²) >= 11 is 0. The summed E-state index contributed by atoms with van der Waals surface area (Å²) in [5.41, 5.74) is 0.638. The Hall–Kier alpha value is -2.29. The SMILES string of the molecule is Cc1nonc1C(=O)N1CCOC[C@H]1c1nnc(C(C)C)o1. The van der Waals surface area contributed by atoms with Crippen molar-refractivity contribution in [2.75, 3.05) is 19.8 Å². The van der Waals surface area contributed by atoms with Crippen LogP contribution in [0.2, 0.25) is 0 Å². The van der Waals surface area contributed by atoms with Crippen LogP contribution in [-0.2, 0) is 4.74 Å². The van der Waals surface area contributed by atoms with E-state index in [0.29, 0.717) is 37.2 Å². The van der Waals surface area contributed by atoms with Gasteiger partial charge in [-0.25, -0.2) is 4.63 Å². The summed E-state index contributed by atoms with van der Waals surface area (Å²) in [5.74, 6) is 0.742. The van der Waals surface area contributed by atoms with E-state index in [9.17, 15) is 4.79 Å². The highest BCUT2D eigenvalue weighted by atomic mass is 16.6. The molecule has 3 heterocycles. The van der Waals surface area contributed by atoms with E-state index in [1.165, 1.54) is 0 Å². The van der Waals surface area contributed by atoms with Crippen LogP contribution in [0.25, 0.3) is 0 Å². The van der Waals surface area contributed by atoms with Gasteiger partial charge in [-0.15, -0.1) is 10.2 Å². The van der Waals surface area contributed by atoms with Crippen molar-refractivity contribution in [3.8, 4) is 0 Å². The number of aromatic nitrogens is 4. The molecule has 9 nitrogen and oxygen atoms in total. The molecular formula is C13H17N5O4. The molecule has 1 aliphatic rings. The highest BCUT2D eigenvalue weighted by Crippen LogP contribution is 2.26.